The fourth-order valence-corrected chi connectivity index (χ4v) is 4.86. The molecule has 0 radical (unpaired) electrons. The molecule has 4 rings (SSSR count). The number of carbonyl (C=O) groups is 1. The van der Waals surface area contributed by atoms with E-state index in [2.05, 4.69) is 27.2 Å². The minimum absolute atomic E-state index is 0.0754. The molecule has 1 aromatic heterocycles. The van der Waals surface area contributed by atoms with Gasteiger partial charge in [-0.15, -0.1) is 11.8 Å². The van der Waals surface area contributed by atoms with E-state index < -0.39 is 10.0 Å². The molecule has 1 amide bonds. The maximum Gasteiger partial charge on any atom is 0.263 e. The van der Waals surface area contributed by atoms with Crippen LogP contribution in [0, 0.1) is 0 Å². The number of hydrogen-bond acceptors (Lipinski definition) is 5. The molecular formula is C25H21N3O3S2. The third-order valence-corrected chi connectivity index (χ3v) is 7.14. The Morgan fingerprint density at radius 3 is 2.18 bits per heavy atom. The van der Waals surface area contributed by atoms with Gasteiger partial charge in [-0.2, -0.15) is 0 Å². The van der Waals surface area contributed by atoms with E-state index in [-0.39, 0.29) is 16.6 Å². The summed E-state index contributed by atoms with van der Waals surface area (Å²) < 4.78 is 27.4. The number of benzene rings is 3. The lowest BCUT2D eigenvalue weighted by atomic mass is 10.1. The number of nitrogens with zero attached hydrogens (tertiary/aromatic N) is 1. The van der Waals surface area contributed by atoms with E-state index in [1.165, 1.54) is 23.2 Å². The number of aromatic nitrogens is 1. The fraction of sp³-hybridized carbons (Fsp3) is 0.0400. The Morgan fingerprint density at radius 2 is 1.52 bits per heavy atom. The van der Waals surface area contributed by atoms with E-state index in [1.54, 1.807) is 54.2 Å². The van der Waals surface area contributed by atoms with Gasteiger partial charge in [0.1, 0.15) is 5.82 Å². The van der Waals surface area contributed by atoms with Gasteiger partial charge >= 0.3 is 0 Å². The third-order valence-electron chi connectivity index (χ3n) is 4.69. The Kier molecular flexibility index (Phi) is 7.07. The normalized spacial score (nSPS) is 11.0. The van der Waals surface area contributed by atoms with Gasteiger partial charge in [0, 0.05) is 28.1 Å². The first-order valence-electron chi connectivity index (χ1n) is 10.1. The molecule has 166 valence electrons. The van der Waals surface area contributed by atoms with Crippen molar-refractivity contribution < 1.29 is 13.2 Å². The average Bonchev–Trinajstić information content (AvgIpc) is 2.84. The smallest absolute Gasteiger partial charge is 0.263 e. The van der Waals surface area contributed by atoms with Crippen LogP contribution in [-0.4, -0.2) is 19.3 Å². The van der Waals surface area contributed by atoms with Crippen molar-refractivity contribution in [3.05, 3.63) is 114 Å². The summed E-state index contributed by atoms with van der Waals surface area (Å²) in [6, 6.07) is 28.5. The number of thioether (sulfide) groups is 1. The minimum atomic E-state index is -3.77. The van der Waals surface area contributed by atoms with Crippen molar-refractivity contribution in [1.82, 2.24) is 4.98 Å². The average molecular weight is 476 g/mol. The largest absolute Gasteiger partial charge is 0.322 e. The van der Waals surface area contributed by atoms with Crippen molar-refractivity contribution in [2.75, 3.05) is 10.0 Å². The Balaban J connectivity index is 1.35. The van der Waals surface area contributed by atoms with Crippen LogP contribution in [0.3, 0.4) is 0 Å². The van der Waals surface area contributed by atoms with Crippen molar-refractivity contribution in [1.29, 1.82) is 0 Å². The highest BCUT2D eigenvalue weighted by molar-refractivity contribution is 7.98. The van der Waals surface area contributed by atoms with E-state index in [0.717, 1.165) is 11.3 Å². The number of rotatable bonds is 8. The number of carbonyl (C=O) groups excluding carboxylic acids is 1. The highest BCUT2D eigenvalue weighted by Crippen LogP contribution is 2.23. The second-order valence-electron chi connectivity index (χ2n) is 7.10. The number of anilines is 2. The number of amides is 1. The van der Waals surface area contributed by atoms with Crippen LogP contribution in [0.4, 0.5) is 11.5 Å². The summed E-state index contributed by atoms with van der Waals surface area (Å²) in [6.07, 6.45) is 1.51. The van der Waals surface area contributed by atoms with Crippen molar-refractivity contribution in [2.24, 2.45) is 0 Å². The zero-order chi connectivity index (χ0) is 23.1. The summed E-state index contributed by atoms with van der Waals surface area (Å²) in [4.78, 5) is 17.8. The van der Waals surface area contributed by atoms with Crippen LogP contribution in [0.15, 0.2) is 113 Å². The Labute approximate surface area is 197 Å². The van der Waals surface area contributed by atoms with Gasteiger partial charge in [-0.05, 0) is 66.2 Å². The van der Waals surface area contributed by atoms with Crippen molar-refractivity contribution in [3.8, 4) is 0 Å². The second-order valence-corrected chi connectivity index (χ2v) is 9.83. The maximum absolute atomic E-state index is 12.6. The van der Waals surface area contributed by atoms with Gasteiger partial charge < -0.3 is 5.32 Å². The van der Waals surface area contributed by atoms with Crippen molar-refractivity contribution in [2.45, 2.75) is 15.5 Å². The molecule has 0 aliphatic carbocycles. The molecule has 3 aromatic carbocycles. The lowest BCUT2D eigenvalue weighted by molar-refractivity contribution is 0.102. The lowest BCUT2D eigenvalue weighted by Crippen LogP contribution is -2.14. The van der Waals surface area contributed by atoms with E-state index in [4.69, 9.17) is 0 Å². The molecule has 0 atom stereocenters. The van der Waals surface area contributed by atoms with E-state index >= 15 is 0 Å². The second kappa shape index (κ2) is 10.3. The number of sulfonamides is 1. The summed E-state index contributed by atoms with van der Waals surface area (Å²) in [7, 11) is -3.77. The highest BCUT2D eigenvalue weighted by Gasteiger charge is 2.15. The zero-order valence-electron chi connectivity index (χ0n) is 17.5. The Bertz CT molecular complexity index is 1310. The molecule has 33 heavy (non-hydrogen) atoms. The van der Waals surface area contributed by atoms with Gasteiger partial charge in [0.15, 0.2) is 0 Å². The maximum atomic E-state index is 12.6. The number of hydrogen-bond donors (Lipinski definition) is 2. The first kappa shape index (κ1) is 22.6. The van der Waals surface area contributed by atoms with Crippen LogP contribution in [0.25, 0.3) is 0 Å². The summed E-state index contributed by atoms with van der Waals surface area (Å²) in [6.45, 7) is 0. The van der Waals surface area contributed by atoms with Crippen LogP contribution in [0.2, 0.25) is 0 Å². The van der Waals surface area contributed by atoms with Crippen molar-refractivity contribution in [3.63, 3.8) is 0 Å². The summed E-state index contributed by atoms with van der Waals surface area (Å²) >= 11 is 1.74. The number of pyridine rings is 1. The molecule has 0 spiro atoms. The van der Waals surface area contributed by atoms with Gasteiger partial charge in [0.05, 0.1) is 4.90 Å². The third kappa shape index (κ3) is 6.21. The molecule has 0 fully saturated rings. The first-order chi connectivity index (χ1) is 16.0. The molecule has 4 aromatic rings. The van der Waals surface area contributed by atoms with Gasteiger partial charge in [-0.3, -0.25) is 9.52 Å². The van der Waals surface area contributed by atoms with Gasteiger partial charge in [0.2, 0.25) is 0 Å². The zero-order valence-corrected chi connectivity index (χ0v) is 19.1. The quantitative estimate of drug-likeness (QED) is 0.332. The van der Waals surface area contributed by atoms with Gasteiger partial charge in [0.25, 0.3) is 15.9 Å². The SMILES string of the molecule is O=C(Nc1ccc(S(=O)(=O)Nc2ccccn2)cc1)c1ccc(CSc2ccccc2)cc1. The molecule has 0 aliphatic heterocycles. The predicted molar refractivity (Wildman–Crippen MR) is 132 cm³/mol. The number of nitrogens with one attached hydrogen (secondary N) is 2. The Hall–Kier alpha value is -3.62. The van der Waals surface area contributed by atoms with Crippen LogP contribution >= 0.6 is 11.8 Å². The molecule has 0 bridgehead atoms. The van der Waals surface area contributed by atoms with Crippen molar-refractivity contribution >= 4 is 39.2 Å². The minimum Gasteiger partial charge on any atom is -0.322 e. The van der Waals surface area contributed by atoms with Gasteiger partial charge in [-0.25, -0.2) is 13.4 Å². The van der Waals surface area contributed by atoms with Crippen LogP contribution in [0.1, 0.15) is 15.9 Å². The van der Waals surface area contributed by atoms with Crippen LogP contribution in [-0.2, 0) is 15.8 Å². The van der Waals surface area contributed by atoms with Crippen LogP contribution < -0.4 is 10.0 Å². The summed E-state index contributed by atoms with van der Waals surface area (Å²) in [5.74, 6) is 0.786. The standard InChI is InChI=1S/C25H21N3O3S2/c29-25(20-11-9-19(10-12-20)18-32-22-6-2-1-3-7-22)27-21-13-15-23(16-14-21)33(30,31)28-24-8-4-5-17-26-24/h1-17H,18H2,(H,26,28)(H,27,29). The summed E-state index contributed by atoms with van der Waals surface area (Å²) in [5, 5.41) is 2.79. The fourth-order valence-electron chi connectivity index (χ4n) is 2.98. The van der Waals surface area contributed by atoms with Crippen LogP contribution in [0.5, 0.6) is 0 Å². The predicted octanol–water partition coefficient (Wildman–Crippen LogP) is 5.43. The molecule has 6 nitrogen and oxygen atoms in total. The molecule has 8 heteroatoms. The highest BCUT2D eigenvalue weighted by atomic mass is 32.2. The first-order valence-corrected chi connectivity index (χ1v) is 12.6. The molecule has 0 saturated carbocycles. The Morgan fingerprint density at radius 1 is 0.818 bits per heavy atom. The topological polar surface area (TPSA) is 88.2 Å². The molecule has 2 N–H and O–H groups in total. The lowest BCUT2D eigenvalue weighted by Gasteiger charge is -2.09. The van der Waals surface area contributed by atoms with E-state index in [1.807, 2.05) is 30.3 Å². The van der Waals surface area contributed by atoms with E-state index in [9.17, 15) is 13.2 Å². The molecule has 0 unspecified atom stereocenters. The van der Waals surface area contributed by atoms with Gasteiger partial charge in [-0.1, -0.05) is 36.4 Å². The summed E-state index contributed by atoms with van der Waals surface area (Å²) in [5.41, 5.74) is 2.15. The molecule has 0 aliphatic rings. The monoisotopic (exact) mass is 475 g/mol. The van der Waals surface area contributed by atoms with E-state index in [0.29, 0.717) is 11.3 Å². The molecule has 0 saturated heterocycles. The molecule has 1 heterocycles. The molecular weight excluding hydrogens is 454 g/mol.